The van der Waals surface area contributed by atoms with Crippen LogP contribution in [0.2, 0.25) is 0 Å². The first-order valence-corrected chi connectivity index (χ1v) is 10.6. The minimum atomic E-state index is -0.0352. The van der Waals surface area contributed by atoms with E-state index in [4.69, 9.17) is 4.98 Å². The Hall–Kier alpha value is -2.66. The number of aromatic nitrogens is 2. The second-order valence-electron chi connectivity index (χ2n) is 8.05. The van der Waals surface area contributed by atoms with Gasteiger partial charge in [-0.2, -0.15) is 0 Å². The van der Waals surface area contributed by atoms with Gasteiger partial charge in [0.25, 0.3) is 0 Å². The first-order chi connectivity index (χ1) is 14.1. The normalized spacial score (nSPS) is 16.3. The zero-order valence-corrected chi connectivity index (χ0v) is 17.6. The molecule has 1 aliphatic rings. The van der Waals surface area contributed by atoms with Crippen LogP contribution < -0.4 is 0 Å². The van der Waals surface area contributed by atoms with Crippen molar-refractivity contribution in [2.75, 3.05) is 26.2 Å². The average molecular weight is 391 g/mol. The van der Waals surface area contributed by atoms with E-state index < -0.39 is 0 Å². The van der Waals surface area contributed by atoms with Crippen molar-refractivity contribution < 1.29 is 4.79 Å². The maximum Gasteiger partial charge on any atom is 0.230 e. The number of hydrogen-bond acceptors (Lipinski definition) is 3. The Balaban J connectivity index is 1.41. The van der Waals surface area contributed by atoms with Gasteiger partial charge < -0.3 is 9.30 Å². The number of carbonyl (C=O) groups excluding carboxylic acids is 1. The predicted molar refractivity (Wildman–Crippen MR) is 116 cm³/mol. The van der Waals surface area contributed by atoms with Crippen molar-refractivity contribution >= 4 is 11.6 Å². The molecule has 1 saturated heterocycles. The molecule has 3 aromatic rings. The molecule has 0 bridgehead atoms. The number of fused-ring (bicyclic) bond motifs is 1. The van der Waals surface area contributed by atoms with E-state index in [-0.39, 0.29) is 11.8 Å². The van der Waals surface area contributed by atoms with E-state index in [2.05, 4.69) is 60.5 Å². The molecule has 2 aromatic heterocycles. The Bertz CT molecular complexity index is 987. The van der Waals surface area contributed by atoms with Crippen LogP contribution in [0, 0.1) is 13.8 Å². The molecule has 3 heterocycles. The first kappa shape index (κ1) is 19.6. The van der Waals surface area contributed by atoms with Crippen LogP contribution in [0.25, 0.3) is 5.65 Å². The third-order valence-corrected chi connectivity index (χ3v) is 6.05. The van der Waals surface area contributed by atoms with Gasteiger partial charge in [-0.05, 0) is 43.5 Å². The van der Waals surface area contributed by atoms with Crippen molar-refractivity contribution in [1.82, 2.24) is 19.2 Å². The summed E-state index contributed by atoms with van der Waals surface area (Å²) in [6.07, 6.45) is 2.95. The highest BCUT2D eigenvalue weighted by atomic mass is 16.2. The van der Waals surface area contributed by atoms with E-state index in [1.165, 1.54) is 11.3 Å². The van der Waals surface area contributed by atoms with Crippen molar-refractivity contribution in [1.29, 1.82) is 0 Å². The molecular formula is C24H30N4O. The van der Waals surface area contributed by atoms with Crippen LogP contribution >= 0.6 is 0 Å². The minimum absolute atomic E-state index is 0.0352. The van der Waals surface area contributed by atoms with E-state index >= 15 is 0 Å². The first-order valence-electron chi connectivity index (χ1n) is 10.6. The topological polar surface area (TPSA) is 40.9 Å². The van der Waals surface area contributed by atoms with E-state index in [0.29, 0.717) is 0 Å². The number of hydrogen-bond donors (Lipinski definition) is 0. The van der Waals surface area contributed by atoms with E-state index in [0.717, 1.165) is 56.0 Å². The molecule has 0 saturated carbocycles. The molecule has 1 aliphatic heterocycles. The number of aryl methyl sites for hydroxylation is 2. The third-order valence-electron chi connectivity index (χ3n) is 6.05. The van der Waals surface area contributed by atoms with Crippen LogP contribution in [0.3, 0.4) is 0 Å². The highest BCUT2D eigenvalue weighted by Gasteiger charge is 2.28. The summed E-state index contributed by atoms with van der Waals surface area (Å²) in [5.74, 6) is 0.229. The zero-order chi connectivity index (χ0) is 20.4. The second kappa shape index (κ2) is 8.37. The van der Waals surface area contributed by atoms with Crippen LogP contribution in [0.1, 0.15) is 41.8 Å². The van der Waals surface area contributed by atoms with E-state index in [9.17, 15) is 4.79 Å². The van der Waals surface area contributed by atoms with Crippen LogP contribution in [0.15, 0.2) is 48.7 Å². The minimum Gasteiger partial charge on any atom is -0.340 e. The monoisotopic (exact) mass is 390 g/mol. The number of carbonyl (C=O) groups is 1. The highest BCUT2D eigenvalue weighted by Crippen LogP contribution is 2.23. The molecular weight excluding hydrogens is 360 g/mol. The van der Waals surface area contributed by atoms with Crippen molar-refractivity contribution in [3.8, 4) is 0 Å². The summed E-state index contributed by atoms with van der Waals surface area (Å²) in [5, 5.41) is 0. The Kier molecular flexibility index (Phi) is 5.67. The Morgan fingerprint density at radius 3 is 2.48 bits per heavy atom. The molecule has 0 aliphatic carbocycles. The van der Waals surface area contributed by atoms with Gasteiger partial charge in [-0.15, -0.1) is 0 Å². The lowest BCUT2D eigenvalue weighted by Crippen LogP contribution is -2.49. The molecule has 0 N–H and O–H groups in total. The van der Waals surface area contributed by atoms with Gasteiger partial charge >= 0.3 is 0 Å². The molecule has 1 aromatic carbocycles. The standard InChI is InChI=1S/C24H30N4O/c1-4-21(20-8-6-5-7-9-20)24(29)27-14-12-26(13-15-27)17-22-19(3)25-23-16-18(2)10-11-28(22)23/h5-11,16,21H,4,12-15,17H2,1-3H3. The summed E-state index contributed by atoms with van der Waals surface area (Å²) >= 11 is 0. The molecule has 0 radical (unpaired) electrons. The Morgan fingerprint density at radius 2 is 1.79 bits per heavy atom. The number of benzene rings is 1. The van der Waals surface area contributed by atoms with Crippen molar-refractivity contribution in [2.45, 2.75) is 39.7 Å². The summed E-state index contributed by atoms with van der Waals surface area (Å²) in [6, 6.07) is 14.4. The maximum absolute atomic E-state index is 13.1. The number of amides is 1. The van der Waals surface area contributed by atoms with Crippen molar-refractivity contribution in [3.05, 3.63) is 71.2 Å². The van der Waals surface area contributed by atoms with Gasteiger partial charge in [-0.25, -0.2) is 4.98 Å². The summed E-state index contributed by atoms with van der Waals surface area (Å²) < 4.78 is 2.20. The van der Waals surface area contributed by atoms with Crippen LogP contribution in [-0.4, -0.2) is 51.3 Å². The van der Waals surface area contributed by atoms with Gasteiger partial charge in [0.2, 0.25) is 5.91 Å². The summed E-state index contributed by atoms with van der Waals surface area (Å²) in [6.45, 7) is 10.5. The number of imidazole rings is 1. The quantitative estimate of drug-likeness (QED) is 0.666. The largest absolute Gasteiger partial charge is 0.340 e. The number of rotatable bonds is 5. The molecule has 4 rings (SSSR count). The molecule has 1 unspecified atom stereocenters. The van der Waals surface area contributed by atoms with Crippen molar-refractivity contribution in [2.24, 2.45) is 0 Å². The van der Waals surface area contributed by atoms with E-state index in [1.54, 1.807) is 0 Å². The molecule has 1 atom stereocenters. The Labute approximate surface area is 173 Å². The van der Waals surface area contributed by atoms with Gasteiger partial charge in [0.05, 0.1) is 17.3 Å². The predicted octanol–water partition coefficient (Wildman–Crippen LogP) is 3.79. The molecule has 5 nitrogen and oxygen atoms in total. The van der Waals surface area contributed by atoms with Crippen LogP contribution in [0.5, 0.6) is 0 Å². The van der Waals surface area contributed by atoms with Gasteiger partial charge in [0, 0.05) is 38.9 Å². The van der Waals surface area contributed by atoms with Crippen LogP contribution in [0.4, 0.5) is 0 Å². The van der Waals surface area contributed by atoms with Gasteiger partial charge in [-0.3, -0.25) is 9.69 Å². The number of nitrogens with zero attached hydrogens (tertiary/aromatic N) is 4. The van der Waals surface area contributed by atoms with E-state index in [1.807, 2.05) is 23.1 Å². The fraction of sp³-hybridized carbons (Fsp3) is 0.417. The summed E-state index contributed by atoms with van der Waals surface area (Å²) in [7, 11) is 0. The van der Waals surface area contributed by atoms with Crippen molar-refractivity contribution in [3.63, 3.8) is 0 Å². The fourth-order valence-corrected chi connectivity index (χ4v) is 4.30. The average Bonchev–Trinajstić information content (AvgIpc) is 3.04. The summed E-state index contributed by atoms with van der Waals surface area (Å²) in [5.41, 5.74) is 5.70. The van der Waals surface area contributed by atoms with Gasteiger partial charge in [0.1, 0.15) is 5.65 Å². The molecule has 1 fully saturated rings. The Morgan fingerprint density at radius 1 is 1.07 bits per heavy atom. The lowest BCUT2D eigenvalue weighted by molar-refractivity contribution is -0.134. The lowest BCUT2D eigenvalue weighted by atomic mass is 9.95. The highest BCUT2D eigenvalue weighted by molar-refractivity contribution is 5.83. The smallest absolute Gasteiger partial charge is 0.230 e. The van der Waals surface area contributed by atoms with Crippen LogP contribution in [-0.2, 0) is 11.3 Å². The molecule has 152 valence electrons. The SMILES string of the molecule is CCC(C(=O)N1CCN(Cc2c(C)nc3cc(C)ccn23)CC1)c1ccccc1. The molecule has 0 spiro atoms. The molecule has 29 heavy (non-hydrogen) atoms. The lowest BCUT2D eigenvalue weighted by Gasteiger charge is -2.36. The maximum atomic E-state index is 13.1. The molecule has 1 amide bonds. The molecule has 5 heteroatoms. The second-order valence-corrected chi connectivity index (χ2v) is 8.05. The zero-order valence-electron chi connectivity index (χ0n) is 17.6. The third kappa shape index (κ3) is 4.06. The van der Waals surface area contributed by atoms with Gasteiger partial charge in [0.15, 0.2) is 0 Å². The van der Waals surface area contributed by atoms with Gasteiger partial charge in [-0.1, -0.05) is 37.3 Å². The number of piperazine rings is 1. The summed E-state index contributed by atoms with van der Waals surface area (Å²) in [4.78, 5) is 22.3. The fourth-order valence-electron chi connectivity index (χ4n) is 4.30. The number of pyridine rings is 1.